The van der Waals surface area contributed by atoms with Crippen LogP contribution >= 0.6 is 0 Å². The summed E-state index contributed by atoms with van der Waals surface area (Å²) >= 11 is 0. The Morgan fingerprint density at radius 2 is 0.618 bits per heavy atom. The Morgan fingerprint density at radius 1 is 0.255 bits per heavy atom. The Labute approximate surface area is 321 Å². The number of rotatable bonds is 5. The zero-order valence-corrected chi connectivity index (χ0v) is 30.0. The number of aromatic nitrogens is 2. The van der Waals surface area contributed by atoms with Crippen LogP contribution in [-0.2, 0) is 5.41 Å². The molecule has 0 aliphatic heterocycles. The molecule has 11 rings (SSSR count). The van der Waals surface area contributed by atoms with Crippen LogP contribution in [0.2, 0.25) is 0 Å². The van der Waals surface area contributed by atoms with Gasteiger partial charge < -0.3 is 0 Å². The third-order valence-corrected chi connectivity index (χ3v) is 11.6. The maximum Gasteiger partial charge on any atom is 0.160 e. The van der Waals surface area contributed by atoms with Crippen molar-refractivity contribution in [1.29, 1.82) is 0 Å². The van der Waals surface area contributed by atoms with Crippen LogP contribution in [0.5, 0.6) is 0 Å². The molecule has 1 aromatic heterocycles. The molecule has 2 nitrogen and oxygen atoms in total. The molecule has 2 aliphatic carbocycles. The van der Waals surface area contributed by atoms with Crippen LogP contribution in [0.4, 0.5) is 0 Å². The Hall–Kier alpha value is -7.16. The molecule has 8 aromatic carbocycles. The van der Waals surface area contributed by atoms with Crippen molar-refractivity contribution in [3.05, 3.63) is 229 Å². The molecule has 2 heteroatoms. The predicted molar refractivity (Wildman–Crippen MR) is 226 cm³/mol. The van der Waals surface area contributed by atoms with Crippen molar-refractivity contribution in [2.75, 3.05) is 0 Å². The Balaban J connectivity index is 1.04. The first-order valence-electron chi connectivity index (χ1n) is 18.9. The number of nitrogens with zero attached hydrogens (tertiary/aromatic N) is 2. The molecule has 0 amide bonds. The van der Waals surface area contributed by atoms with Crippen molar-refractivity contribution in [2.24, 2.45) is 0 Å². The Kier molecular flexibility index (Phi) is 7.11. The third-order valence-electron chi connectivity index (χ3n) is 11.6. The van der Waals surface area contributed by atoms with Crippen molar-refractivity contribution in [3.8, 4) is 78.4 Å². The average molecular weight is 699 g/mol. The first-order valence-corrected chi connectivity index (χ1v) is 18.9. The minimum absolute atomic E-state index is 0.414. The Bertz CT molecular complexity index is 2830. The lowest BCUT2D eigenvalue weighted by Crippen LogP contribution is -2.25. The second-order valence-corrected chi connectivity index (χ2v) is 14.5. The minimum Gasteiger partial charge on any atom is -0.228 e. The summed E-state index contributed by atoms with van der Waals surface area (Å²) in [6.45, 7) is 0. The van der Waals surface area contributed by atoms with Crippen LogP contribution in [0.3, 0.4) is 0 Å². The molecule has 0 unspecified atom stereocenters. The second-order valence-electron chi connectivity index (χ2n) is 14.5. The monoisotopic (exact) mass is 698 g/mol. The standard InChI is InChI=1S/C53H34N2/c1-3-13-35(14-4-1)36-23-25-37(26-24-36)38-27-29-40(30-28-38)52-54-50(39-15-5-2-6-16-39)34-51(55-52)41-31-32-45-44-19-9-12-22-48(44)53(49(45)33-41)46-20-10-7-17-42(46)43-18-8-11-21-47(43)53/h1-34H. The second kappa shape index (κ2) is 12.5. The molecular weight excluding hydrogens is 665 g/mol. The van der Waals surface area contributed by atoms with Crippen LogP contribution in [0.25, 0.3) is 78.4 Å². The van der Waals surface area contributed by atoms with E-state index in [0.717, 1.165) is 33.6 Å². The minimum atomic E-state index is -0.414. The van der Waals surface area contributed by atoms with E-state index >= 15 is 0 Å². The fourth-order valence-corrected chi connectivity index (χ4v) is 9.03. The summed E-state index contributed by atoms with van der Waals surface area (Å²) in [5, 5.41) is 0. The number of benzene rings is 8. The quantitative estimate of drug-likeness (QED) is 0.179. The summed E-state index contributed by atoms with van der Waals surface area (Å²) < 4.78 is 0. The third kappa shape index (κ3) is 4.89. The van der Waals surface area contributed by atoms with Crippen molar-refractivity contribution in [1.82, 2.24) is 9.97 Å². The number of hydrogen-bond donors (Lipinski definition) is 0. The molecule has 0 radical (unpaired) electrons. The molecule has 55 heavy (non-hydrogen) atoms. The van der Waals surface area contributed by atoms with Crippen molar-refractivity contribution >= 4 is 0 Å². The molecule has 2 aliphatic rings. The van der Waals surface area contributed by atoms with E-state index in [4.69, 9.17) is 9.97 Å². The van der Waals surface area contributed by atoms with Gasteiger partial charge in [-0.3, -0.25) is 0 Å². The van der Waals surface area contributed by atoms with E-state index in [1.807, 2.05) is 6.07 Å². The summed E-state index contributed by atoms with van der Waals surface area (Å²) in [4.78, 5) is 10.5. The molecule has 0 bridgehead atoms. The topological polar surface area (TPSA) is 25.8 Å². The fraction of sp³-hybridized carbons (Fsp3) is 0.0189. The molecule has 9 aromatic rings. The van der Waals surface area contributed by atoms with E-state index in [9.17, 15) is 0 Å². The largest absolute Gasteiger partial charge is 0.228 e. The summed E-state index contributed by atoms with van der Waals surface area (Å²) in [5.74, 6) is 0.706. The van der Waals surface area contributed by atoms with Gasteiger partial charge in [-0.1, -0.05) is 194 Å². The highest BCUT2D eigenvalue weighted by molar-refractivity contribution is 5.96. The van der Waals surface area contributed by atoms with E-state index in [2.05, 4.69) is 200 Å². The summed E-state index contributed by atoms with van der Waals surface area (Å²) in [6.07, 6.45) is 0. The molecule has 1 heterocycles. The molecule has 0 fully saturated rings. The van der Waals surface area contributed by atoms with Gasteiger partial charge in [0.15, 0.2) is 5.82 Å². The summed E-state index contributed by atoms with van der Waals surface area (Å²) in [7, 11) is 0. The molecule has 0 N–H and O–H groups in total. The number of fused-ring (bicyclic) bond motifs is 10. The van der Waals surface area contributed by atoms with E-state index < -0.39 is 5.41 Å². The highest BCUT2D eigenvalue weighted by atomic mass is 14.9. The Morgan fingerprint density at radius 3 is 1.13 bits per heavy atom. The lowest BCUT2D eigenvalue weighted by atomic mass is 9.70. The van der Waals surface area contributed by atoms with Gasteiger partial charge in [0.1, 0.15) is 0 Å². The van der Waals surface area contributed by atoms with Gasteiger partial charge in [0.2, 0.25) is 0 Å². The normalized spacial score (nSPS) is 12.9. The van der Waals surface area contributed by atoms with Gasteiger partial charge in [0.05, 0.1) is 16.8 Å². The first kappa shape index (κ1) is 31.4. The summed E-state index contributed by atoms with van der Waals surface area (Å²) in [5.41, 5.74) is 19.7. The van der Waals surface area contributed by atoms with E-state index in [0.29, 0.717) is 5.82 Å². The zero-order chi connectivity index (χ0) is 36.3. The van der Waals surface area contributed by atoms with Crippen molar-refractivity contribution < 1.29 is 0 Å². The first-order chi connectivity index (χ1) is 27.3. The van der Waals surface area contributed by atoms with Crippen molar-refractivity contribution in [3.63, 3.8) is 0 Å². The van der Waals surface area contributed by atoms with E-state index in [1.165, 1.54) is 61.2 Å². The smallest absolute Gasteiger partial charge is 0.160 e. The maximum absolute atomic E-state index is 5.31. The average Bonchev–Trinajstić information content (AvgIpc) is 3.74. The fourth-order valence-electron chi connectivity index (χ4n) is 9.03. The molecule has 0 saturated heterocycles. The SMILES string of the molecule is c1ccc(-c2ccc(-c3ccc(-c4nc(-c5ccccc5)cc(-c5ccc6c(c5)C5(c7ccccc7-c7ccccc75)c5ccccc5-6)n4)cc3)cc2)cc1. The number of hydrogen-bond acceptors (Lipinski definition) is 2. The van der Waals surface area contributed by atoms with Crippen LogP contribution in [0, 0.1) is 0 Å². The van der Waals surface area contributed by atoms with Gasteiger partial charge in [-0.25, -0.2) is 9.97 Å². The summed E-state index contributed by atoms with van der Waals surface area (Å²) in [6, 6.07) is 74.3. The van der Waals surface area contributed by atoms with E-state index in [1.54, 1.807) is 0 Å². The molecule has 0 atom stereocenters. The van der Waals surface area contributed by atoms with Gasteiger partial charge in [0.25, 0.3) is 0 Å². The highest BCUT2D eigenvalue weighted by Crippen LogP contribution is 2.63. The predicted octanol–water partition coefficient (Wildman–Crippen LogP) is 13.2. The highest BCUT2D eigenvalue weighted by Gasteiger charge is 2.51. The van der Waals surface area contributed by atoms with Gasteiger partial charge in [-0.05, 0) is 78.9 Å². The lowest BCUT2D eigenvalue weighted by Gasteiger charge is -2.30. The lowest BCUT2D eigenvalue weighted by molar-refractivity contribution is 0.794. The zero-order valence-electron chi connectivity index (χ0n) is 30.0. The van der Waals surface area contributed by atoms with Gasteiger partial charge >= 0.3 is 0 Å². The van der Waals surface area contributed by atoms with Crippen LogP contribution in [0.1, 0.15) is 22.3 Å². The van der Waals surface area contributed by atoms with Gasteiger partial charge in [0, 0.05) is 16.7 Å². The molecular formula is C53H34N2. The molecule has 1 spiro atoms. The van der Waals surface area contributed by atoms with E-state index in [-0.39, 0.29) is 0 Å². The van der Waals surface area contributed by atoms with Crippen LogP contribution in [-0.4, -0.2) is 9.97 Å². The molecule has 256 valence electrons. The van der Waals surface area contributed by atoms with Crippen molar-refractivity contribution in [2.45, 2.75) is 5.41 Å². The van der Waals surface area contributed by atoms with Crippen LogP contribution in [0.15, 0.2) is 206 Å². The molecule has 0 saturated carbocycles. The van der Waals surface area contributed by atoms with Gasteiger partial charge in [-0.15, -0.1) is 0 Å². The van der Waals surface area contributed by atoms with Crippen LogP contribution < -0.4 is 0 Å². The maximum atomic E-state index is 5.31. The van der Waals surface area contributed by atoms with Gasteiger partial charge in [-0.2, -0.15) is 0 Å².